The smallest absolute Gasteiger partial charge is 0.130 e. The highest BCUT2D eigenvalue weighted by atomic mass is 32.1. The van der Waals surface area contributed by atoms with E-state index in [1.165, 1.54) is 9.88 Å². The number of hydrogen-bond donors (Lipinski definition) is 0. The summed E-state index contributed by atoms with van der Waals surface area (Å²) in [7, 11) is 0. The zero-order chi connectivity index (χ0) is 12.3. The first kappa shape index (κ1) is 12.7. The minimum atomic E-state index is 0.255. The van der Waals surface area contributed by atoms with Crippen LogP contribution in [0.2, 0.25) is 0 Å². The number of carbonyl (C=O) groups is 1. The largest absolute Gasteiger partial charge is 0.381 e. The molecule has 1 fully saturated rings. The van der Waals surface area contributed by atoms with E-state index in [4.69, 9.17) is 4.74 Å². The molecule has 94 valence electrons. The van der Waals surface area contributed by atoms with E-state index in [2.05, 4.69) is 11.9 Å². The standard InChI is InChI=1S/C13H19NO2S/c1-9(15)3-4-12-10(2)14-13(17-12)11-5-7-16-8-6-11/h11H,3-8H2,1-2H3. The molecule has 1 saturated heterocycles. The van der Waals surface area contributed by atoms with Crippen molar-refractivity contribution in [1.29, 1.82) is 0 Å². The molecule has 2 rings (SSSR count). The summed E-state index contributed by atoms with van der Waals surface area (Å²) < 4.78 is 5.37. The Morgan fingerprint density at radius 3 is 2.82 bits per heavy atom. The third-order valence-electron chi connectivity index (χ3n) is 3.18. The lowest BCUT2D eigenvalue weighted by molar-refractivity contribution is -0.116. The summed E-state index contributed by atoms with van der Waals surface area (Å²) in [4.78, 5) is 16.9. The first-order valence-corrected chi connectivity index (χ1v) is 7.02. The number of rotatable bonds is 4. The van der Waals surface area contributed by atoms with Crippen LogP contribution < -0.4 is 0 Å². The molecule has 0 aliphatic carbocycles. The van der Waals surface area contributed by atoms with Crippen molar-refractivity contribution >= 4 is 17.1 Å². The molecule has 0 spiro atoms. The normalized spacial score (nSPS) is 17.3. The van der Waals surface area contributed by atoms with Crippen molar-refractivity contribution in [1.82, 2.24) is 4.98 Å². The van der Waals surface area contributed by atoms with Crippen LogP contribution in [0.1, 0.15) is 47.7 Å². The van der Waals surface area contributed by atoms with Crippen LogP contribution in [0.4, 0.5) is 0 Å². The van der Waals surface area contributed by atoms with Gasteiger partial charge in [0.25, 0.3) is 0 Å². The maximum atomic E-state index is 11.0. The lowest BCUT2D eigenvalue weighted by Gasteiger charge is -2.19. The molecule has 2 heterocycles. The van der Waals surface area contributed by atoms with Gasteiger partial charge in [0.05, 0.1) is 10.7 Å². The third-order valence-corrected chi connectivity index (χ3v) is 4.56. The van der Waals surface area contributed by atoms with Crippen molar-refractivity contribution < 1.29 is 9.53 Å². The SMILES string of the molecule is CC(=O)CCc1sc(C2CCOCC2)nc1C. The van der Waals surface area contributed by atoms with Crippen LogP contribution in [0.15, 0.2) is 0 Å². The highest BCUT2D eigenvalue weighted by molar-refractivity contribution is 7.11. The zero-order valence-electron chi connectivity index (χ0n) is 10.5. The van der Waals surface area contributed by atoms with Crippen molar-refractivity contribution in [2.24, 2.45) is 0 Å². The van der Waals surface area contributed by atoms with E-state index >= 15 is 0 Å². The Morgan fingerprint density at radius 2 is 2.18 bits per heavy atom. The quantitative estimate of drug-likeness (QED) is 0.828. The van der Waals surface area contributed by atoms with Crippen molar-refractivity contribution in [2.45, 2.75) is 45.4 Å². The molecule has 0 bridgehead atoms. The van der Waals surface area contributed by atoms with Gasteiger partial charge in [-0.1, -0.05) is 0 Å². The molecule has 0 unspecified atom stereocenters. The molecule has 3 nitrogen and oxygen atoms in total. The molecule has 4 heteroatoms. The molecule has 1 aromatic rings. The van der Waals surface area contributed by atoms with Gasteiger partial charge in [0.15, 0.2) is 0 Å². The number of thiazole rings is 1. The Kier molecular flexibility index (Phi) is 4.29. The first-order chi connectivity index (χ1) is 8.16. The average Bonchev–Trinajstić information content (AvgIpc) is 2.69. The molecule has 1 aliphatic rings. The van der Waals surface area contributed by atoms with E-state index in [1.54, 1.807) is 18.3 Å². The van der Waals surface area contributed by atoms with Crippen molar-refractivity contribution in [3.63, 3.8) is 0 Å². The van der Waals surface area contributed by atoms with Crippen LogP contribution >= 0.6 is 11.3 Å². The number of Topliss-reactive ketones (excluding diaryl/α,β-unsaturated/α-hetero) is 1. The average molecular weight is 253 g/mol. The third kappa shape index (κ3) is 3.36. The van der Waals surface area contributed by atoms with Crippen molar-refractivity contribution in [3.05, 3.63) is 15.6 Å². The van der Waals surface area contributed by atoms with Crippen LogP contribution in [0.5, 0.6) is 0 Å². The number of ketones is 1. The van der Waals surface area contributed by atoms with E-state index in [1.807, 2.05) is 0 Å². The van der Waals surface area contributed by atoms with Gasteiger partial charge in [-0.05, 0) is 33.1 Å². The van der Waals surface area contributed by atoms with Gasteiger partial charge in [-0.15, -0.1) is 11.3 Å². The van der Waals surface area contributed by atoms with Crippen LogP contribution in [0, 0.1) is 6.92 Å². The van der Waals surface area contributed by atoms with Crippen LogP contribution in [0.3, 0.4) is 0 Å². The Balaban J connectivity index is 2.03. The van der Waals surface area contributed by atoms with Crippen molar-refractivity contribution in [2.75, 3.05) is 13.2 Å². The maximum Gasteiger partial charge on any atom is 0.130 e. The number of nitrogens with zero attached hydrogens (tertiary/aromatic N) is 1. The highest BCUT2D eigenvalue weighted by Gasteiger charge is 2.20. The van der Waals surface area contributed by atoms with E-state index in [0.29, 0.717) is 12.3 Å². The van der Waals surface area contributed by atoms with E-state index in [-0.39, 0.29) is 5.78 Å². The second-order valence-electron chi connectivity index (χ2n) is 4.65. The Labute approximate surface area is 106 Å². The van der Waals surface area contributed by atoms with Gasteiger partial charge < -0.3 is 9.53 Å². The predicted octanol–water partition coefficient (Wildman–Crippen LogP) is 2.87. The Hall–Kier alpha value is -0.740. The first-order valence-electron chi connectivity index (χ1n) is 6.20. The molecule has 0 amide bonds. The number of ether oxygens (including phenoxy) is 1. The predicted molar refractivity (Wildman–Crippen MR) is 68.6 cm³/mol. The van der Waals surface area contributed by atoms with E-state index in [0.717, 1.165) is 38.2 Å². The molecule has 1 aromatic heterocycles. The minimum Gasteiger partial charge on any atom is -0.381 e. The van der Waals surface area contributed by atoms with E-state index < -0.39 is 0 Å². The molecular weight excluding hydrogens is 234 g/mol. The molecule has 0 saturated carbocycles. The molecule has 0 aromatic carbocycles. The fourth-order valence-electron chi connectivity index (χ4n) is 2.09. The maximum absolute atomic E-state index is 11.0. The van der Waals surface area contributed by atoms with Crippen LogP contribution in [-0.2, 0) is 16.0 Å². The summed E-state index contributed by atoms with van der Waals surface area (Å²) in [5.74, 6) is 0.823. The fourth-order valence-corrected chi connectivity index (χ4v) is 3.33. The second-order valence-corrected chi connectivity index (χ2v) is 5.76. The highest BCUT2D eigenvalue weighted by Crippen LogP contribution is 2.32. The van der Waals surface area contributed by atoms with Gasteiger partial charge in [0.2, 0.25) is 0 Å². The van der Waals surface area contributed by atoms with Crippen molar-refractivity contribution in [3.8, 4) is 0 Å². The minimum absolute atomic E-state index is 0.255. The van der Waals surface area contributed by atoms with Gasteiger partial charge >= 0.3 is 0 Å². The Bertz CT molecular complexity index is 394. The number of aromatic nitrogens is 1. The topological polar surface area (TPSA) is 39.2 Å². The summed E-state index contributed by atoms with van der Waals surface area (Å²) in [5.41, 5.74) is 1.11. The second kappa shape index (κ2) is 5.74. The zero-order valence-corrected chi connectivity index (χ0v) is 11.3. The summed E-state index contributed by atoms with van der Waals surface area (Å²) in [6.07, 6.45) is 3.65. The Morgan fingerprint density at radius 1 is 1.47 bits per heavy atom. The molecule has 17 heavy (non-hydrogen) atoms. The summed E-state index contributed by atoms with van der Waals surface area (Å²) >= 11 is 1.79. The summed E-state index contributed by atoms with van der Waals surface area (Å²) in [5, 5.41) is 1.24. The molecule has 0 radical (unpaired) electrons. The van der Waals surface area contributed by atoms with Crippen LogP contribution in [-0.4, -0.2) is 24.0 Å². The number of carbonyl (C=O) groups excluding carboxylic acids is 1. The van der Waals surface area contributed by atoms with Gasteiger partial charge in [0.1, 0.15) is 5.78 Å². The summed E-state index contributed by atoms with van der Waals surface area (Å²) in [6, 6.07) is 0. The monoisotopic (exact) mass is 253 g/mol. The van der Waals surface area contributed by atoms with Gasteiger partial charge in [0, 0.05) is 30.4 Å². The van der Waals surface area contributed by atoms with Gasteiger partial charge in [-0.3, -0.25) is 0 Å². The molecule has 0 N–H and O–H groups in total. The molecular formula is C13H19NO2S. The molecule has 1 aliphatic heterocycles. The fraction of sp³-hybridized carbons (Fsp3) is 0.692. The number of hydrogen-bond acceptors (Lipinski definition) is 4. The molecule has 0 atom stereocenters. The van der Waals surface area contributed by atoms with Gasteiger partial charge in [-0.25, -0.2) is 4.98 Å². The lowest BCUT2D eigenvalue weighted by atomic mass is 10.0. The van der Waals surface area contributed by atoms with E-state index in [9.17, 15) is 4.79 Å². The number of aryl methyl sites for hydroxylation is 2. The van der Waals surface area contributed by atoms with Gasteiger partial charge in [-0.2, -0.15) is 0 Å². The summed E-state index contributed by atoms with van der Waals surface area (Å²) in [6.45, 7) is 5.41. The lowest BCUT2D eigenvalue weighted by Crippen LogP contribution is -2.13. The van der Waals surface area contributed by atoms with Crippen LogP contribution in [0.25, 0.3) is 0 Å².